The van der Waals surface area contributed by atoms with Crippen molar-refractivity contribution in [1.29, 1.82) is 5.26 Å². The molecule has 0 bridgehead atoms. The van der Waals surface area contributed by atoms with E-state index >= 15 is 0 Å². The van der Waals surface area contributed by atoms with E-state index in [-0.39, 0.29) is 6.61 Å². The first-order chi connectivity index (χ1) is 11.3. The Morgan fingerprint density at radius 2 is 1.87 bits per heavy atom. The van der Waals surface area contributed by atoms with Gasteiger partial charge in [0.25, 0.3) is 0 Å². The molecule has 0 aromatic heterocycles. The number of benzene rings is 2. The lowest BCUT2D eigenvalue weighted by molar-refractivity contribution is 0.107. The molecule has 1 unspecified atom stereocenters. The van der Waals surface area contributed by atoms with Gasteiger partial charge in [-0.25, -0.2) is 0 Å². The number of aliphatic hydroxyl groups is 1. The predicted octanol–water partition coefficient (Wildman–Crippen LogP) is 2.68. The summed E-state index contributed by atoms with van der Waals surface area (Å²) in [4.78, 5) is 1.24. The second-order valence-electron chi connectivity index (χ2n) is 4.94. The maximum Gasteiger partial charge on any atom is 0.137 e. The Kier molecular flexibility index (Phi) is 7.47. The van der Waals surface area contributed by atoms with E-state index in [1.54, 1.807) is 30.0 Å². The minimum absolute atomic E-state index is 0.164. The van der Waals surface area contributed by atoms with Gasteiger partial charge in [-0.15, -0.1) is 11.8 Å². The van der Waals surface area contributed by atoms with Crippen LogP contribution in [0.3, 0.4) is 0 Å². The van der Waals surface area contributed by atoms with Crippen LogP contribution in [-0.4, -0.2) is 36.7 Å². The van der Waals surface area contributed by atoms with Crippen LogP contribution in [0.25, 0.3) is 0 Å². The van der Waals surface area contributed by atoms with Crippen LogP contribution >= 0.6 is 11.8 Å². The molecule has 0 spiro atoms. The van der Waals surface area contributed by atoms with Crippen LogP contribution in [0.5, 0.6) is 5.75 Å². The summed E-state index contributed by atoms with van der Waals surface area (Å²) in [6, 6.07) is 19.3. The Labute approximate surface area is 141 Å². The molecule has 0 aliphatic rings. The highest BCUT2D eigenvalue weighted by molar-refractivity contribution is 7.99. The van der Waals surface area contributed by atoms with Crippen molar-refractivity contribution in [3.8, 4) is 11.8 Å². The van der Waals surface area contributed by atoms with Gasteiger partial charge in [-0.05, 0) is 24.3 Å². The highest BCUT2D eigenvalue weighted by Gasteiger charge is 2.07. The molecule has 0 amide bonds. The fraction of sp³-hybridized carbons (Fsp3) is 0.278. The molecule has 120 valence electrons. The van der Waals surface area contributed by atoms with Crippen molar-refractivity contribution in [3.05, 3.63) is 60.2 Å². The lowest BCUT2D eigenvalue weighted by Gasteiger charge is -2.13. The summed E-state index contributed by atoms with van der Waals surface area (Å²) < 4.78 is 5.50. The summed E-state index contributed by atoms with van der Waals surface area (Å²) in [7, 11) is 0. The molecule has 2 N–H and O–H groups in total. The molecule has 2 rings (SSSR count). The Hall–Kier alpha value is -2.00. The van der Waals surface area contributed by atoms with Gasteiger partial charge in [0.05, 0.1) is 5.56 Å². The topological polar surface area (TPSA) is 65.3 Å². The maximum atomic E-state index is 9.91. The zero-order valence-corrected chi connectivity index (χ0v) is 13.6. The number of para-hydroxylation sites is 1. The van der Waals surface area contributed by atoms with E-state index in [1.807, 2.05) is 24.3 Å². The van der Waals surface area contributed by atoms with E-state index < -0.39 is 6.10 Å². The average molecular weight is 328 g/mol. The minimum atomic E-state index is -0.608. The summed E-state index contributed by atoms with van der Waals surface area (Å²) in [5, 5.41) is 22.1. The number of nitrogens with one attached hydrogen (secondary N) is 1. The summed E-state index contributed by atoms with van der Waals surface area (Å²) in [5.74, 6) is 1.45. The van der Waals surface area contributed by atoms with Crippen LogP contribution in [0.15, 0.2) is 59.5 Å². The Bertz CT molecular complexity index is 628. The summed E-state index contributed by atoms with van der Waals surface area (Å²) >= 11 is 1.78. The van der Waals surface area contributed by atoms with Crippen molar-refractivity contribution in [2.75, 3.05) is 25.4 Å². The number of nitriles is 1. The van der Waals surface area contributed by atoms with Gasteiger partial charge < -0.3 is 15.2 Å². The van der Waals surface area contributed by atoms with Crippen molar-refractivity contribution in [2.45, 2.75) is 11.0 Å². The van der Waals surface area contributed by atoms with Crippen molar-refractivity contribution in [3.63, 3.8) is 0 Å². The average Bonchev–Trinajstić information content (AvgIpc) is 2.60. The number of nitrogens with zero attached hydrogens (tertiary/aromatic N) is 1. The third kappa shape index (κ3) is 6.33. The van der Waals surface area contributed by atoms with Crippen LogP contribution in [0.2, 0.25) is 0 Å². The monoisotopic (exact) mass is 328 g/mol. The van der Waals surface area contributed by atoms with E-state index in [4.69, 9.17) is 10.00 Å². The Morgan fingerprint density at radius 1 is 1.13 bits per heavy atom. The van der Waals surface area contributed by atoms with E-state index in [0.717, 1.165) is 12.3 Å². The van der Waals surface area contributed by atoms with Crippen LogP contribution in [0, 0.1) is 11.3 Å². The van der Waals surface area contributed by atoms with Crippen LogP contribution in [0.4, 0.5) is 0 Å². The van der Waals surface area contributed by atoms with Crippen molar-refractivity contribution in [2.24, 2.45) is 0 Å². The molecule has 23 heavy (non-hydrogen) atoms. The molecule has 1 atom stereocenters. The lowest BCUT2D eigenvalue weighted by Crippen LogP contribution is -2.32. The van der Waals surface area contributed by atoms with E-state index in [9.17, 15) is 5.11 Å². The molecule has 0 radical (unpaired) electrons. The molecule has 0 saturated heterocycles. The third-order valence-corrected chi connectivity index (χ3v) is 4.12. The lowest BCUT2D eigenvalue weighted by atomic mass is 10.2. The molecule has 0 heterocycles. The SMILES string of the molecule is N#Cc1ccccc1OCC(O)CNCCSc1ccccc1. The molecule has 4 nitrogen and oxygen atoms in total. The Balaban J connectivity index is 1.60. The highest BCUT2D eigenvalue weighted by Crippen LogP contribution is 2.17. The van der Waals surface area contributed by atoms with E-state index in [1.165, 1.54) is 4.90 Å². The molecule has 0 fully saturated rings. The summed E-state index contributed by atoms with van der Waals surface area (Å²) in [6.45, 7) is 1.44. The summed E-state index contributed by atoms with van der Waals surface area (Å²) in [6.07, 6.45) is -0.608. The molecule has 0 aliphatic carbocycles. The Morgan fingerprint density at radius 3 is 2.65 bits per heavy atom. The molecule has 2 aromatic rings. The second-order valence-corrected chi connectivity index (χ2v) is 6.11. The van der Waals surface area contributed by atoms with Gasteiger partial charge >= 0.3 is 0 Å². The standard InChI is InChI=1S/C18H20N2O2S/c19-12-15-6-4-5-9-18(15)22-14-16(21)13-20-10-11-23-17-7-2-1-3-8-17/h1-9,16,20-21H,10-11,13-14H2. The molecule has 0 aliphatic heterocycles. The molecule has 2 aromatic carbocycles. The fourth-order valence-corrected chi connectivity index (χ4v) is 2.79. The van der Waals surface area contributed by atoms with Gasteiger partial charge in [0.2, 0.25) is 0 Å². The largest absolute Gasteiger partial charge is 0.489 e. The van der Waals surface area contributed by atoms with Crippen LogP contribution in [-0.2, 0) is 0 Å². The van der Waals surface area contributed by atoms with Gasteiger partial charge in [-0.3, -0.25) is 0 Å². The van der Waals surface area contributed by atoms with Gasteiger partial charge in [0.1, 0.15) is 24.5 Å². The summed E-state index contributed by atoms with van der Waals surface area (Å²) in [5.41, 5.74) is 0.479. The van der Waals surface area contributed by atoms with Gasteiger partial charge in [-0.1, -0.05) is 30.3 Å². The number of rotatable bonds is 9. The second kappa shape index (κ2) is 9.90. The normalized spacial score (nSPS) is 11.7. The van der Waals surface area contributed by atoms with Crippen molar-refractivity contribution >= 4 is 11.8 Å². The predicted molar refractivity (Wildman–Crippen MR) is 92.7 cm³/mol. The van der Waals surface area contributed by atoms with Crippen molar-refractivity contribution < 1.29 is 9.84 Å². The highest BCUT2D eigenvalue weighted by atomic mass is 32.2. The quantitative estimate of drug-likeness (QED) is 0.547. The third-order valence-electron chi connectivity index (χ3n) is 3.11. The van der Waals surface area contributed by atoms with Crippen LogP contribution < -0.4 is 10.1 Å². The smallest absolute Gasteiger partial charge is 0.137 e. The maximum absolute atomic E-state index is 9.91. The molecular weight excluding hydrogens is 308 g/mol. The van der Waals surface area contributed by atoms with E-state index in [2.05, 4.69) is 23.5 Å². The van der Waals surface area contributed by atoms with Gasteiger partial charge in [0, 0.05) is 23.7 Å². The zero-order valence-electron chi connectivity index (χ0n) is 12.8. The number of hydrogen-bond acceptors (Lipinski definition) is 5. The first-order valence-corrected chi connectivity index (χ1v) is 8.46. The first kappa shape index (κ1) is 17.4. The number of aliphatic hydroxyl groups excluding tert-OH is 1. The van der Waals surface area contributed by atoms with Crippen LogP contribution in [0.1, 0.15) is 5.56 Å². The van der Waals surface area contributed by atoms with Gasteiger partial charge in [-0.2, -0.15) is 5.26 Å². The van der Waals surface area contributed by atoms with Gasteiger partial charge in [0.15, 0.2) is 0 Å². The minimum Gasteiger partial charge on any atom is -0.489 e. The zero-order chi connectivity index (χ0) is 16.3. The number of ether oxygens (including phenoxy) is 1. The number of hydrogen-bond donors (Lipinski definition) is 2. The van der Waals surface area contributed by atoms with E-state index in [0.29, 0.717) is 17.9 Å². The molecule has 5 heteroatoms. The number of thioether (sulfide) groups is 1. The molecular formula is C18H20N2O2S. The first-order valence-electron chi connectivity index (χ1n) is 7.48. The molecule has 0 saturated carbocycles. The van der Waals surface area contributed by atoms with Crippen molar-refractivity contribution in [1.82, 2.24) is 5.32 Å². The fourth-order valence-electron chi connectivity index (χ4n) is 1.96.